The van der Waals surface area contributed by atoms with Crippen LogP contribution in [-0.2, 0) is 0 Å². The summed E-state index contributed by atoms with van der Waals surface area (Å²) in [4.78, 5) is 4.46. The second-order valence-corrected chi connectivity index (χ2v) is 4.96. The summed E-state index contributed by atoms with van der Waals surface area (Å²) in [6.07, 6.45) is 3.08. The topological polar surface area (TPSA) is 46.2 Å². The van der Waals surface area contributed by atoms with Gasteiger partial charge in [0.05, 0.1) is 12.5 Å². The lowest BCUT2D eigenvalue weighted by molar-refractivity contribution is 0.420. The molecule has 0 bridgehead atoms. The Hall–Kier alpha value is -1.81. The van der Waals surface area contributed by atoms with Crippen molar-refractivity contribution in [2.45, 2.75) is 6.42 Å². The quantitative estimate of drug-likeness (QED) is 0.882. The summed E-state index contributed by atoms with van der Waals surface area (Å²) in [6.45, 7) is 3.17. The number of hydrogen-bond donors (Lipinski definition) is 2. The van der Waals surface area contributed by atoms with E-state index in [2.05, 4.69) is 21.7 Å². The lowest BCUT2D eigenvalue weighted by atomic mass is 10.1. The van der Waals surface area contributed by atoms with Crippen LogP contribution in [0.4, 0.5) is 5.82 Å². The maximum atomic E-state index is 5.45. The van der Waals surface area contributed by atoms with Crippen molar-refractivity contribution >= 4 is 16.6 Å². The van der Waals surface area contributed by atoms with E-state index in [0.29, 0.717) is 5.92 Å². The van der Waals surface area contributed by atoms with Crippen LogP contribution in [0, 0.1) is 5.92 Å². The summed E-state index contributed by atoms with van der Waals surface area (Å²) in [5, 5.41) is 9.08. The second kappa shape index (κ2) is 5.45. The van der Waals surface area contributed by atoms with Crippen molar-refractivity contribution < 1.29 is 4.74 Å². The number of nitrogens with zero attached hydrogens (tertiary/aromatic N) is 1. The average molecular weight is 257 g/mol. The van der Waals surface area contributed by atoms with Crippen LogP contribution >= 0.6 is 0 Å². The summed E-state index contributed by atoms with van der Waals surface area (Å²) in [5.41, 5.74) is 0. The molecule has 19 heavy (non-hydrogen) atoms. The van der Waals surface area contributed by atoms with Crippen molar-refractivity contribution in [1.29, 1.82) is 0 Å². The number of anilines is 1. The summed E-state index contributed by atoms with van der Waals surface area (Å²) in [7, 11) is 1.70. The van der Waals surface area contributed by atoms with Gasteiger partial charge in [-0.25, -0.2) is 4.98 Å². The Balaban J connectivity index is 1.89. The molecule has 1 aromatic carbocycles. The normalized spacial score (nSPS) is 18.7. The van der Waals surface area contributed by atoms with E-state index in [4.69, 9.17) is 4.74 Å². The molecule has 1 atom stereocenters. The van der Waals surface area contributed by atoms with Crippen molar-refractivity contribution in [3.63, 3.8) is 0 Å². The van der Waals surface area contributed by atoms with Gasteiger partial charge < -0.3 is 15.4 Å². The summed E-state index contributed by atoms with van der Waals surface area (Å²) in [6, 6.07) is 8.08. The van der Waals surface area contributed by atoms with Crippen LogP contribution in [0.1, 0.15) is 6.42 Å². The molecule has 1 aliphatic heterocycles. The van der Waals surface area contributed by atoms with Crippen molar-refractivity contribution in [2.75, 3.05) is 32.1 Å². The molecular weight excluding hydrogens is 238 g/mol. The van der Waals surface area contributed by atoms with E-state index in [0.717, 1.165) is 42.0 Å². The Morgan fingerprint density at radius 1 is 1.42 bits per heavy atom. The predicted molar refractivity (Wildman–Crippen MR) is 77.8 cm³/mol. The number of hydrogen-bond acceptors (Lipinski definition) is 4. The van der Waals surface area contributed by atoms with Crippen LogP contribution in [-0.4, -0.2) is 31.7 Å². The summed E-state index contributed by atoms with van der Waals surface area (Å²) in [5.74, 6) is 2.48. The Bertz CT molecular complexity index is 559. The van der Waals surface area contributed by atoms with Crippen LogP contribution in [0.25, 0.3) is 10.8 Å². The molecule has 0 aliphatic carbocycles. The van der Waals surface area contributed by atoms with Gasteiger partial charge in [-0.3, -0.25) is 0 Å². The lowest BCUT2D eigenvalue weighted by Gasteiger charge is -2.14. The van der Waals surface area contributed by atoms with Gasteiger partial charge in [-0.1, -0.05) is 12.1 Å². The molecule has 1 aromatic heterocycles. The van der Waals surface area contributed by atoms with Gasteiger partial charge in [0.2, 0.25) is 0 Å². The molecule has 0 radical (unpaired) electrons. The smallest absolute Gasteiger partial charge is 0.137 e. The van der Waals surface area contributed by atoms with E-state index in [1.807, 2.05) is 24.4 Å². The maximum Gasteiger partial charge on any atom is 0.137 e. The summed E-state index contributed by atoms with van der Waals surface area (Å²) >= 11 is 0. The number of nitrogens with one attached hydrogen (secondary N) is 2. The zero-order valence-electron chi connectivity index (χ0n) is 11.1. The SMILES string of the molecule is COc1cccc2ccnc(NCC3CCNC3)c12. The molecule has 2 N–H and O–H groups in total. The first-order chi connectivity index (χ1) is 9.38. The standard InChI is InChI=1S/C15H19N3O/c1-19-13-4-2-3-12-6-8-17-15(14(12)13)18-10-11-5-7-16-9-11/h2-4,6,8,11,16H,5,7,9-10H2,1H3,(H,17,18). The first-order valence-corrected chi connectivity index (χ1v) is 6.75. The number of rotatable bonds is 4. The number of methoxy groups -OCH3 is 1. The first kappa shape index (κ1) is 12.2. The van der Waals surface area contributed by atoms with Gasteiger partial charge in [-0.05, 0) is 42.9 Å². The predicted octanol–water partition coefficient (Wildman–Crippen LogP) is 2.26. The van der Waals surface area contributed by atoms with Crippen LogP contribution in [0.15, 0.2) is 30.5 Å². The molecule has 3 rings (SSSR count). The third-order valence-corrected chi connectivity index (χ3v) is 3.69. The zero-order chi connectivity index (χ0) is 13.1. The Kier molecular flexibility index (Phi) is 3.51. The molecule has 4 heteroatoms. The minimum absolute atomic E-state index is 0.687. The van der Waals surface area contributed by atoms with Crippen molar-refractivity contribution in [1.82, 2.24) is 10.3 Å². The fourth-order valence-corrected chi connectivity index (χ4v) is 2.63. The van der Waals surface area contributed by atoms with Crippen LogP contribution in [0.3, 0.4) is 0 Å². The average Bonchev–Trinajstić information content (AvgIpc) is 2.97. The highest BCUT2D eigenvalue weighted by atomic mass is 16.5. The molecule has 4 nitrogen and oxygen atoms in total. The highest BCUT2D eigenvalue weighted by Crippen LogP contribution is 2.30. The van der Waals surface area contributed by atoms with Gasteiger partial charge in [0, 0.05) is 12.7 Å². The third-order valence-electron chi connectivity index (χ3n) is 3.69. The fourth-order valence-electron chi connectivity index (χ4n) is 2.63. The van der Waals surface area contributed by atoms with Gasteiger partial charge in [0.25, 0.3) is 0 Å². The fraction of sp³-hybridized carbons (Fsp3) is 0.400. The number of ether oxygens (including phenoxy) is 1. The monoisotopic (exact) mass is 257 g/mol. The van der Waals surface area contributed by atoms with E-state index < -0.39 is 0 Å². The van der Waals surface area contributed by atoms with E-state index in [1.54, 1.807) is 7.11 Å². The highest BCUT2D eigenvalue weighted by molar-refractivity contribution is 5.96. The Morgan fingerprint density at radius 2 is 2.37 bits per heavy atom. The van der Waals surface area contributed by atoms with E-state index >= 15 is 0 Å². The molecule has 1 unspecified atom stereocenters. The highest BCUT2D eigenvalue weighted by Gasteiger charge is 2.15. The van der Waals surface area contributed by atoms with Crippen LogP contribution in [0.5, 0.6) is 5.75 Å². The lowest BCUT2D eigenvalue weighted by Crippen LogP contribution is -2.17. The number of benzene rings is 1. The van der Waals surface area contributed by atoms with Crippen molar-refractivity contribution in [3.05, 3.63) is 30.5 Å². The van der Waals surface area contributed by atoms with E-state index in [1.165, 1.54) is 6.42 Å². The largest absolute Gasteiger partial charge is 0.496 e. The Labute approximate surface area is 113 Å². The van der Waals surface area contributed by atoms with Crippen LogP contribution < -0.4 is 15.4 Å². The Morgan fingerprint density at radius 3 is 3.16 bits per heavy atom. The van der Waals surface area contributed by atoms with Crippen LogP contribution in [0.2, 0.25) is 0 Å². The molecule has 1 fully saturated rings. The van der Waals surface area contributed by atoms with E-state index in [-0.39, 0.29) is 0 Å². The van der Waals surface area contributed by atoms with Gasteiger partial charge >= 0.3 is 0 Å². The molecule has 0 amide bonds. The molecule has 0 saturated carbocycles. The van der Waals surface area contributed by atoms with E-state index in [9.17, 15) is 0 Å². The summed E-state index contributed by atoms with van der Waals surface area (Å²) < 4.78 is 5.45. The second-order valence-electron chi connectivity index (χ2n) is 4.96. The maximum absolute atomic E-state index is 5.45. The van der Waals surface area contributed by atoms with Crippen molar-refractivity contribution in [3.8, 4) is 5.75 Å². The van der Waals surface area contributed by atoms with Gasteiger partial charge in [-0.2, -0.15) is 0 Å². The molecular formula is C15H19N3O. The minimum Gasteiger partial charge on any atom is -0.496 e. The van der Waals surface area contributed by atoms with Gasteiger partial charge in [-0.15, -0.1) is 0 Å². The molecule has 1 aliphatic rings. The molecule has 100 valence electrons. The number of aromatic nitrogens is 1. The molecule has 0 spiro atoms. The molecule has 2 heterocycles. The number of pyridine rings is 1. The van der Waals surface area contributed by atoms with Gasteiger partial charge in [0.1, 0.15) is 11.6 Å². The minimum atomic E-state index is 0.687. The first-order valence-electron chi connectivity index (χ1n) is 6.75. The van der Waals surface area contributed by atoms with Gasteiger partial charge in [0.15, 0.2) is 0 Å². The third kappa shape index (κ3) is 2.49. The van der Waals surface area contributed by atoms with Crippen molar-refractivity contribution in [2.24, 2.45) is 5.92 Å². The number of fused-ring (bicyclic) bond motifs is 1. The zero-order valence-corrected chi connectivity index (χ0v) is 11.1. The molecule has 2 aromatic rings. The molecule has 1 saturated heterocycles.